The first-order valence-electron chi connectivity index (χ1n) is 8.69. The van der Waals surface area contributed by atoms with Crippen molar-refractivity contribution in [1.29, 1.82) is 0 Å². The van der Waals surface area contributed by atoms with Crippen molar-refractivity contribution in [2.24, 2.45) is 5.92 Å². The quantitative estimate of drug-likeness (QED) is 0.658. The van der Waals surface area contributed by atoms with E-state index in [0.717, 1.165) is 19.3 Å². The van der Waals surface area contributed by atoms with E-state index in [0.29, 0.717) is 17.0 Å². The fraction of sp³-hybridized carbons (Fsp3) is 0.588. The summed E-state index contributed by atoms with van der Waals surface area (Å²) in [5.74, 6) is -0.0385. The van der Waals surface area contributed by atoms with Crippen molar-refractivity contribution < 1.29 is 24.5 Å². The van der Waals surface area contributed by atoms with E-state index in [2.05, 4.69) is 10.1 Å². The van der Waals surface area contributed by atoms with Gasteiger partial charge in [-0.05, 0) is 31.9 Å². The molecule has 0 spiro atoms. The summed E-state index contributed by atoms with van der Waals surface area (Å²) >= 11 is 0. The van der Waals surface area contributed by atoms with E-state index in [4.69, 9.17) is 15.2 Å². The van der Waals surface area contributed by atoms with Gasteiger partial charge >= 0.3 is 5.97 Å². The van der Waals surface area contributed by atoms with Gasteiger partial charge in [0, 0.05) is 0 Å². The number of aliphatic hydroxyl groups excluding tert-OH is 2. The van der Waals surface area contributed by atoms with Crippen molar-refractivity contribution in [3.8, 4) is 0 Å². The van der Waals surface area contributed by atoms with Crippen LogP contribution < -0.4 is 5.73 Å². The Labute approximate surface area is 149 Å². The highest BCUT2D eigenvalue weighted by molar-refractivity contribution is 5.73. The van der Waals surface area contributed by atoms with Crippen molar-refractivity contribution in [2.75, 3.05) is 12.3 Å². The number of nitrogens with zero attached hydrogens (tertiary/aromatic N) is 3. The molecule has 1 aliphatic carbocycles. The van der Waals surface area contributed by atoms with Gasteiger partial charge in [0.25, 0.3) is 0 Å². The van der Waals surface area contributed by atoms with E-state index in [1.807, 2.05) is 0 Å². The molecule has 2 aliphatic rings. The molecule has 0 amide bonds. The first kappa shape index (κ1) is 17.2. The van der Waals surface area contributed by atoms with Crippen LogP contribution in [0.4, 0.5) is 5.82 Å². The Balaban J connectivity index is 1.55. The van der Waals surface area contributed by atoms with Gasteiger partial charge in [-0.25, -0.2) is 9.50 Å². The zero-order valence-corrected chi connectivity index (χ0v) is 14.4. The Morgan fingerprint density at radius 3 is 2.92 bits per heavy atom. The number of fused-ring (bicyclic) bond motifs is 1. The van der Waals surface area contributed by atoms with Crippen LogP contribution in [-0.4, -0.2) is 55.2 Å². The molecular formula is C17H22N4O5. The average molecular weight is 362 g/mol. The second-order valence-corrected chi connectivity index (χ2v) is 7.22. The van der Waals surface area contributed by atoms with Gasteiger partial charge in [0.1, 0.15) is 42.4 Å². The predicted molar refractivity (Wildman–Crippen MR) is 89.9 cm³/mol. The zero-order chi connectivity index (χ0) is 18.5. The van der Waals surface area contributed by atoms with Crippen molar-refractivity contribution in [1.82, 2.24) is 14.6 Å². The highest BCUT2D eigenvalue weighted by Gasteiger charge is 2.53. The number of ether oxygens (including phenoxy) is 2. The molecule has 1 saturated carbocycles. The number of aromatic nitrogens is 3. The smallest absolute Gasteiger partial charge is 0.309 e. The van der Waals surface area contributed by atoms with Crippen LogP contribution in [-0.2, 0) is 14.3 Å². The molecule has 0 radical (unpaired) electrons. The minimum absolute atomic E-state index is 0.0629. The van der Waals surface area contributed by atoms with Gasteiger partial charge in [-0.3, -0.25) is 4.79 Å². The van der Waals surface area contributed by atoms with Gasteiger partial charge in [0.05, 0.1) is 11.6 Å². The third-order valence-corrected chi connectivity index (χ3v) is 5.40. The molecule has 9 heteroatoms. The molecular weight excluding hydrogens is 340 g/mol. The summed E-state index contributed by atoms with van der Waals surface area (Å²) in [6, 6.07) is 3.44. The van der Waals surface area contributed by atoms with Gasteiger partial charge in [-0.2, -0.15) is 5.10 Å². The number of esters is 1. The van der Waals surface area contributed by atoms with Gasteiger partial charge in [0.15, 0.2) is 5.82 Å². The molecule has 9 nitrogen and oxygen atoms in total. The van der Waals surface area contributed by atoms with Crippen LogP contribution in [0.5, 0.6) is 0 Å². The third kappa shape index (κ3) is 2.63. The Hall–Kier alpha value is -2.23. The lowest BCUT2D eigenvalue weighted by Crippen LogP contribution is -2.45. The number of carbonyl (C=O) groups excluding carboxylic acids is 1. The summed E-state index contributed by atoms with van der Waals surface area (Å²) in [4.78, 5) is 15.9. The summed E-state index contributed by atoms with van der Waals surface area (Å²) in [7, 11) is 0. The number of hydrogen-bond acceptors (Lipinski definition) is 8. The SMILES string of the molecule is C[C@]1(COC(=O)C2CCC2)O[C@@H](c2ccc3c(N)ncnn23)[C@H](O)[C@@H]1O. The van der Waals surface area contributed by atoms with Crippen LogP contribution in [0.2, 0.25) is 0 Å². The summed E-state index contributed by atoms with van der Waals surface area (Å²) in [5, 5.41) is 25.2. The van der Waals surface area contributed by atoms with Crippen molar-refractivity contribution in [2.45, 2.75) is 50.1 Å². The highest BCUT2D eigenvalue weighted by Crippen LogP contribution is 2.41. The van der Waals surface area contributed by atoms with Crippen LogP contribution in [0.1, 0.15) is 38.0 Å². The maximum Gasteiger partial charge on any atom is 0.309 e. The molecule has 4 rings (SSSR count). The molecule has 26 heavy (non-hydrogen) atoms. The van der Waals surface area contributed by atoms with Crippen LogP contribution in [0.3, 0.4) is 0 Å². The molecule has 0 aromatic carbocycles. The van der Waals surface area contributed by atoms with Gasteiger partial charge in [-0.1, -0.05) is 6.42 Å². The largest absolute Gasteiger partial charge is 0.462 e. The summed E-state index contributed by atoms with van der Waals surface area (Å²) in [6.07, 6.45) is 0.757. The molecule has 1 saturated heterocycles. The van der Waals surface area contributed by atoms with Crippen LogP contribution in [0, 0.1) is 5.92 Å². The lowest BCUT2D eigenvalue weighted by molar-refractivity contribution is -0.166. The first-order chi connectivity index (χ1) is 12.4. The predicted octanol–water partition coefficient (Wildman–Crippen LogP) is 0.207. The minimum atomic E-state index is -1.22. The van der Waals surface area contributed by atoms with Crippen LogP contribution in [0.25, 0.3) is 5.52 Å². The van der Waals surface area contributed by atoms with E-state index in [1.54, 1.807) is 19.1 Å². The molecule has 4 N–H and O–H groups in total. The maximum atomic E-state index is 12.0. The van der Waals surface area contributed by atoms with Crippen LogP contribution in [0.15, 0.2) is 18.5 Å². The van der Waals surface area contributed by atoms with Gasteiger partial charge in [0.2, 0.25) is 0 Å². The van der Waals surface area contributed by atoms with E-state index >= 15 is 0 Å². The van der Waals surface area contributed by atoms with E-state index < -0.39 is 23.9 Å². The summed E-state index contributed by atoms with van der Waals surface area (Å²) in [6.45, 7) is 1.49. The first-order valence-corrected chi connectivity index (χ1v) is 8.69. The third-order valence-electron chi connectivity index (χ3n) is 5.40. The molecule has 140 valence electrons. The van der Waals surface area contributed by atoms with Gasteiger partial charge < -0.3 is 25.4 Å². The monoisotopic (exact) mass is 362 g/mol. The molecule has 2 aromatic rings. The number of carbonyl (C=O) groups is 1. The lowest BCUT2D eigenvalue weighted by atomic mass is 9.85. The van der Waals surface area contributed by atoms with E-state index in [-0.39, 0.29) is 18.5 Å². The Morgan fingerprint density at radius 1 is 1.46 bits per heavy atom. The second-order valence-electron chi connectivity index (χ2n) is 7.22. The second kappa shape index (κ2) is 6.19. The Kier molecular flexibility index (Phi) is 4.09. The molecule has 4 atom stereocenters. The number of nitrogen functional groups attached to an aromatic ring is 1. The van der Waals surface area contributed by atoms with Crippen molar-refractivity contribution >= 4 is 17.3 Å². The summed E-state index contributed by atoms with van der Waals surface area (Å²) < 4.78 is 12.8. The van der Waals surface area contributed by atoms with Crippen molar-refractivity contribution in [3.63, 3.8) is 0 Å². The number of nitrogens with two attached hydrogens (primary N) is 1. The number of rotatable bonds is 4. The standard InChI is InChI=1S/C17H22N4O5/c1-17(7-25-16(24)9-3-2-4-9)14(23)12(22)13(26-17)10-5-6-11-15(18)19-8-20-21(10)11/h5-6,8-9,12-14,22-23H,2-4,7H2,1H3,(H2,18,19,20)/t12-,13-,14-,17+/m0/s1. The fourth-order valence-corrected chi connectivity index (χ4v) is 3.48. The lowest BCUT2D eigenvalue weighted by Gasteiger charge is -2.29. The fourth-order valence-electron chi connectivity index (χ4n) is 3.48. The topological polar surface area (TPSA) is 132 Å². The molecule has 3 heterocycles. The van der Waals surface area contributed by atoms with E-state index in [9.17, 15) is 15.0 Å². The molecule has 2 fully saturated rings. The van der Waals surface area contributed by atoms with E-state index in [1.165, 1.54) is 10.8 Å². The number of anilines is 1. The summed E-state index contributed by atoms with van der Waals surface area (Å²) in [5.41, 5.74) is 5.73. The number of hydrogen-bond donors (Lipinski definition) is 3. The maximum absolute atomic E-state index is 12.0. The normalized spacial score (nSPS) is 31.9. The molecule has 2 aromatic heterocycles. The molecule has 1 aliphatic heterocycles. The molecule has 0 bridgehead atoms. The zero-order valence-electron chi connectivity index (χ0n) is 14.4. The average Bonchev–Trinajstić information content (AvgIpc) is 3.08. The molecule has 0 unspecified atom stereocenters. The van der Waals surface area contributed by atoms with Crippen LogP contribution >= 0.6 is 0 Å². The Morgan fingerprint density at radius 2 is 2.23 bits per heavy atom. The number of aliphatic hydroxyl groups is 2. The Bertz CT molecular complexity index is 836. The van der Waals surface area contributed by atoms with Crippen molar-refractivity contribution in [3.05, 3.63) is 24.2 Å². The minimum Gasteiger partial charge on any atom is -0.462 e. The van der Waals surface area contributed by atoms with Gasteiger partial charge in [-0.15, -0.1) is 0 Å². The highest BCUT2D eigenvalue weighted by atomic mass is 16.6.